The summed E-state index contributed by atoms with van der Waals surface area (Å²) in [5.41, 5.74) is 2.89. The zero-order valence-corrected chi connectivity index (χ0v) is 17.2. The number of benzene rings is 3. The van der Waals surface area contributed by atoms with Crippen LogP contribution in [0.3, 0.4) is 0 Å². The standard InChI is InChI=1S/C23H26N3O2P/c27-24-17-16-23(20-10-4-1-5-11-20)29(28)25(21-12-6-2-7-13-21)18-19-26(29)22-14-8-3-9-15-22/h1-15,17,23,27-29H,16,18-19H2. The van der Waals surface area contributed by atoms with Crippen molar-refractivity contribution in [3.05, 3.63) is 96.6 Å². The molecule has 6 heteroatoms. The van der Waals surface area contributed by atoms with Crippen molar-refractivity contribution < 1.29 is 10.1 Å². The van der Waals surface area contributed by atoms with E-state index in [1.54, 1.807) is 0 Å². The number of nitrogens with zero attached hydrogens (tertiary/aromatic N) is 3. The maximum absolute atomic E-state index is 12.5. The number of oxime groups is 1. The van der Waals surface area contributed by atoms with Crippen molar-refractivity contribution in [1.29, 1.82) is 0 Å². The normalized spacial score (nSPS) is 18.1. The van der Waals surface area contributed by atoms with E-state index in [0.29, 0.717) is 6.42 Å². The van der Waals surface area contributed by atoms with Crippen LogP contribution < -0.4 is 9.34 Å². The fourth-order valence-electron chi connectivity index (χ4n) is 4.26. The second-order valence-electron chi connectivity index (χ2n) is 7.16. The SMILES string of the molecule is ON=CCC(c1ccccc1)[PH]1(O)N(c2ccccc2)CCN1c1ccccc1. The first-order valence-electron chi connectivity index (χ1n) is 9.83. The van der Waals surface area contributed by atoms with Gasteiger partial charge >= 0.3 is 172 Å². The summed E-state index contributed by atoms with van der Waals surface area (Å²) in [6.45, 7) is 1.47. The quantitative estimate of drug-likeness (QED) is 0.259. The molecule has 4 rings (SSSR count). The minimum atomic E-state index is -3.27. The third-order valence-corrected chi connectivity index (χ3v) is 9.63. The van der Waals surface area contributed by atoms with Crippen LogP contribution >= 0.6 is 7.79 Å². The average Bonchev–Trinajstić information content (AvgIpc) is 3.13. The molecule has 29 heavy (non-hydrogen) atoms. The van der Waals surface area contributed by atoms with Crippen LogP contribution in [-0.2, 0) is 0 Å². The zero-order chi connectivity index (χ0) is 20.1. The van der Waals surface area contributed by atoms with E-state index >= 15 is 0 Å². The Hall–Kier alpha value is -2.88. The molecule has 1 saturated heterocycles. The summed E-state index contributed by atoms with van der Waals surface area (Å²) in [4.78, 5) is 12.5. The van der Waals surface area contributed by atoms with E-state index in [9.17, 15) is 4.89 Å². The van der Waals surface area contributed by atoms with Crippen molar-refractivity contribution in [3.8, 4) is 0 Å². The molecule has 3 aromatic rings. The number of hydrogen-bond acceptors (Lipinski definition) is 5. The van der Waals surface area contributed by atoms with Gasteiger partial charge < -0.3 is 0 Å². The average molecular weight is 407 g/mol. The van der Waals surface area contributed by atoms with Gasteiger partial charge in [0.15, 0.2) is 0 Å². The van der Waals surface area contributed by atoms with Gasteiger partial charge in [-0.05, 0) is 0 Å². The van der Waals surface area contributed by atoms with Crippen LogP contribution in [0, 0.1) is 0 Å². The molecule has 5 nitrogen and oxygen atoms in total. The molecule has 1 atom stereocenters. The summed E-state index contributed by atoms with van der Waals surface area (Å²) in [5, 5.41) is 12.4. The van der Waals surface area contributed by atoms with E-state index in [1.807, 2.05) is 66.7 Å². The molecule has 1 unspecified atom stereocenters. The van der Waals surface area contributed by atoms with Crippen LogP contribution in [0.1, 0.15) is 17.6 Å². The van der Waals surface area contributed by atoms with Crippen molar-refractivity contribution in [1.82, 2.24) is 0 Å². The van der Waals surface area contributed by atoms with Crippen molar-refractivity contribution in [2.24, 2.45) is 5.16 Å². The Balaban J connectivity index is 1.86. The fraction of sp³-hybridized carbons (Fsp3) is 0.174. The minimum absolute atomic E-state index is 0.192. The van der Waals surface area contributed by atoms with E-state index in [2.05, 4.69) is 38.8 Å². The molecule has 0 saturated carbocycles. The third kappa shape index (κ3) is 3.71. The van der Waals surface area contributed by atoms with Crippen LogP contribution in [0.2, 0.25) is 0 Å². The van der Waals surface area contributed by atoms with E-state index in [0.717, 1.165) is 30.0 Å². The van der Waals surface area contributed by atoms with Gasteiger partial charge in [0, 0.05) is 0 Å². The predicted molar refractivity (Wildman–Crippen MR) is 122 cm³/mol. The van der Waals surface area contributed by atoms with Crippen LogP contribution in [-0.4, -0.2) is 29.4 Å². The van der Waals surface area contributed by atoms with Gasteiger partial charge in [0.1, 0.15) is 0 Å². The molecule has 1 aliphatic heterocycles. The van der Waals surface area contributed by atoms with Crippen LogP contribution in [0.15, 0.2) is 96.2 Å². The Labute approximate surface area is 172 Å². The summed E-state index contributed by atoms with van der Waals surface area (Å²) in [7, 11) is -3.27. The second-order valence-corrected chi connectivity index (χ2v) is 10.3. The Morgan fingerprint density at radius 1 is 0.793 bits per heavy atom. The molecule has 2 N–H and O–H groups in total. The Morgan fingerprint density at radius 3 is 1.69 bits per heavy atom. The van der Waals surface area contributed by atoms with Gasteiger partial charge in [-0.25, -0.2) is 0 Å². The van der Waals surface area contributed by atoms with E-state index in [4.69, 9.17) is 5.21 Å². The zero-order valence-electron chi connectivity index (χ0n) is 16.2. The van der Waals surface area contributed by atoms with Gasteiger partial charge in [0.05, 0.1) is 0 Å². The number of rotatable bonds is 6. The molecule has 0 radical (unpaired) electrons. The molecule has 3 aromatic carbocycles. The Bertz CT molecular complexity index is 891. The number of para-hydroxylation sites is 2. The van der Waals surface area contributed by atoms with Crippen LogP contribution in [0.5, 0.6) is 0 Å². The van der Waals surface area contributed by atoms with Gasteiger partial charge in [0.2, 0.25) is 0 Å². The van der Waals surface area contributed by atoms with Crippen molar-refractivity contribution >= 4 is 25.4 Å². The van der Waals surface area contributed by atoms with E-state index in [-0.39, 0.29) is 5.66 Å². The van der Waals surface area contributed by atoms with Gasteiger partial charge in [-0.3, -0.25) is 0 Å². The number of anilines is 2. The molecule has 0 aromatic heterocycles. The predicted octanol–water partition coefficient (Wildman–Crippen LogP) is 5.09. The van der Waals surface area contributed by atoms with Crippen molar-refractivity contribution in [2.75, 3.05) is 22.4 Å². The van der Waals surface area contributed by atoms with Crippen LogP contribution in [0.4, 0.5) is 11.4 Å². The maximum atomic E-state index is 12.5. The molecule has 0 bridgehead atoms. The molecular weight excluding hydrogens is 381 g/mol. The molecule has 1 heterocycles. The number of hydrogen-bond donors (Lipinski definition) is 2. The summed E-state index contributed by atoms with van der Waals surface area (Å²) < 4.78 is 4.37. The monoisotopic (exact) mass is 407 g/mol. The van der Waals surface area contributed by atoms with E-state index in [1.165, 1.54) is 6.21 Å². The van der Waals surface area contributed by atoms with Gasteiger partial charge in [0.25, 0.3) is 0 Å². The first kappa shape index (κ1) is 19.4. The second kappa shape index (κ2) is 8.64. The molecule has 150 valence electrons. The summed E-state index contributed by atoms with van der Waals surface area (Å²) >= 11 is 0. The Morgan fingerprint density at radius 2 is 1.24 bits per heavy atom. The molecule has 1 fully saturated rings. The molecular formula is C23H26N3O2P. The summed E-state index contributed by atoms with van der Waals surface area (Å²) in [6.07, 6.45) is 1.95. The van der Waals surface area contributed by atoms with Crippen molar-refractivity contribution in [2.45, 2.75) is 12.1 Å². The van der Waals surface area contributed by atoms with Crippen molar-refractivity contribution in [3.63, 3.8) is 0 Å². The summed E-state index contributed by atoms with van der Waals surface area (Å²) in [5.74, 6) is 0. The summed E-state index contributed by atoms with van der Waals surface area (Å²) in [6, 6.07) is 30.2. The molecule has 0 amide bonds. The molecule has 0 spiro atoms. The first-order valence-corrected chi connectivity index (χ1v) is 11.8. The third-order valence-electron chi connectivity index (χ3n) is 5.57. The van der Waals surface area contributed by atoms with Gasteiger partial charge in [-0.15, -0.1) is 0 Å². The van der Waals surface area contributed by atoms with Gasteiger partial charge in [-0.1, -0.05) is 0 Å². The fourth-order valence-corrected chi connectivity index (χ4v) is 8.28. The molecule has 0 aliphatic carbocycles. The molecule has 1 aliphatic rings. The first-order chi connectivity index (χ1) is 14.2. The Kier molecular flexibility index (Phi) is 5.79. The van der Waals surface area contributed by atoms with E-state index < -0.39 is 7.79 Å². The topological polar surface area (TPSA) is 59.3 Å². The van der Waals surface area contributed by atoms with Crippen LogP contribution in [0.25, 0.3) is 0 Å². The van der Waals surface area contributed by atoms with Gasteiger partial charge in [-0.2, -0.15) is 0 Å².